The van der Waals surface area contributed by atoms with E-state index < -0.39 is 5.79 Å². The van der Waals surface area contributed by atoms with Crippen LogP contribution >= 0.6 is 0 Å². The lowest BCUT2D eigenvalue weighted by molar-refractivity contribution is -0.115. The molecule has 4 nitrogen and oxygen atoms in total. The van der Waals surface area contributed by atoms with E-state index in [0.29, 0.717) is 12.2 Å². The molecule has 1 aliphatic heterocycles. The van der Waals surface area contributed by atoms with Gasteiger partial charge >= 0.3 is 0 Å². The van der Waals surface area contributed by atoms with Crippen LogP contribution in [0.5, 0.6) is 11.5 Å². The SMILES string of the molecule is O=C1C=CC2(Oc3cccc4cccc(c34)O2)C2=C1C(OC/C=C/c1ccccc1)CCC2. The van der Waals surface area contributed by atoms with Crippen LogP contribution in [0.25, 0.3) is 16.8 Å². The molecule has 1 spiro atoms. The maximum atomic E-state index is 13.0. The molecule has 1 unspecified atom stereocenters. The van der Waals surface area contributed by atoms with Crippen molar-refractivity contribution < 1.29 is 19.0 Å². The second kappa shape index (κ2) is 8.05. The maximum absolute atomic E-state index is 13.0. The van der Waals surface area contributed by atoms with Crippen LogP contribution in [0, 0.1) is 0 Å². The third kappa shape index (κ3) is 3.47. The summed E-state index contributed by atoms with van der Waals surface area (Å²) in [5.41, 5.74) is 2.69. The van der Waals surface area contributed by atoms with Crippen LogP contribution in [0.15, 0.2) is 96.1 Å². The fourth-order valence-electron chi connectivity index (χ4n) is 5.05. The topological polar surface area (TPSA) is 44.8 Å². The van der Waals surface area contributed by atoms with Gasteiger partial charge in [-0.25, -0.2) is 0 Å². The minimum atomic E-state index is -1.10. The van der Waals surface area contributed by atoms with Gasteiger partial charge in [0.1, 0.15) is 11.5 Å². The van der Waals surface area contributed by atoms with Crippen LogP contribution in [0.2, 0.25) is 0 Å². The smallest absolute Gasteiger partial charge is 0.295 e. The predicted molar refractivity (Wildman–Crippen MR) is 128 cm³/mol. The first-order valence-corrected chi connectivity index (χ1v) is 11.4. The van der Waals surface area contributed by atoms with Crippen molar-refractivity contribution >= 4 is 22.6 Å². The second-order valence-corrected chi connectivity index (χ2v) is 8.60. The summed E-state index contributed by atoms with van der Waals surface area (Å²) in [7, 11) is 0. The van der Waals surface area contributed by atoms with Crippen molar-refractivity contribution in [2.24, 2.45) is 0 Å². The second-order valence-electron chi connectivity index (χ2n) is 8.60. The molecule has 0 saturated heterocycles. The predicted octanol–water partition coefficient (Wildman–Crippen LogP) is 6.03. The minimum Gasteiger partial charge on any atom is -0.444 e. The largest absolute Gasteiger partial charge is 0.444 e. The average Bonchev–Trinajstić information content (AvgIpc) is 2.85. The fourth-order valence-corrected chi connectivity index (χ4v) is 5.05. The number of ketones is 1. The van der Waals surface area contributed by atoms with Gasteiger partial charge in [0.15, 0.2) is 5.78 Å². The van der Waals surface area contributed by atoms with Crippen LogP contribution in [-0.2, 0) is 9.53 Å². The van der Waals surface area contributed by atoms with Gasteiger partial charge in [0.2, 0.25) is 0 Å². The summed E-state index contributed by atoms with van der Waals surface area (Å²) >= 11 is 0. The van der Waals surface area contributed by atoms with Gasteiger partial charge in [0.25, 0.3) is 5.79 Å². The number of carbonyl (C=O) groups is 1. The van der Waals surface area contributed by atoms with Gasteiger partial charge in [0, 0.05) is 17.2 Å². The number of rotatable bonds is 4. The highest BCUT2D eigenvalue weighted by atomic mass is 16.7. The number of benzene rings is 3. The zero-order chi connectivity index (χ0) is 22.3. The van der Waals surface area contributed by atoms with Crippen molar-refractivity contribution in [1.82, 2.24) is 0 Å². The molecular formula is C29H24O4. The summed E-state index contributed by atoms with van der Waals surface area (Å²) in [5.74, 6) is 0.424. The van der Waals surface area contributed by atoms with Crippen molar-refractivity contribution in [3.05, 3.63) is 102 Å². The molecule has 0 aromatic heterocycles. The monoisotopic (exact) mass is 436 g/mol. The van der Waals surface area contributed by atoms with E-state index in [0.717, 1.165) is 52.7 Å². The van der Waals surface area contributed by atoms with E-state index in [-0.39, 0.29) is 11.9 Å². The zero-order valence-corrected chi connectivity index (χ0v) is 18.2. The molecule has 0 bridgehead atoms. The maximum Gasteiger partial charge on any atom is 0.295 e. The van der Waals surface area contributed by atoms with Gasteiger partial charge < -0.3 is 14.2 Å². The number of fused-ring (bicyclic) bond motifs is 1. The lowest BCUT2D eigenvalue weighted by Crippen LogP contribution is -2.49. The third-order valence-corrected chi connectivity index (χ3v) is 6.54. The molecule has 0 amide bonds. The Kier molecular flexibility index (Phi) is 4.88. The van der Waals surface area contributed by atoms with Gasteiger partial charge in [-0.1, -0.05) is 66.7 Å². The molecule has 1 atom stereocenters. The number of allylic oxidation sites excluding steroid dienone is 1. The Morgan fingerprint density at radius 3 is 2.48 bits per heavy atom. The lowest BCUT2D eigenvalue weighted by atomic mass is 9.79. The molecule has 0 saturated carbocycles. The van der Waals surface area contributed by atoms with Gasteiger partial charge in [-0.05, 0) is 48.4 Å². The molecule has 6 rings (SSSR count). The molecule has 3 aliphatic rings. The van der Waals surface area contributed by atoms with Crippen molar-refractivity contribution in [3.8, 4) is 11.5 Å². The van der Waals surface area contributed by atoms with E-state index in [9.17, 15) is 4.79 Å². The normalized spacial score (nSPS) is 20.7. The molecule has 1 heterocycles. The van der Waals surface area contributed by atoms with E-state index in [1.165, 1.54) is 0 Å². The molecule has 3 aromatic rings. The first kappa shape index (κ1) is 20.0. The highest BCUT2D eigenvalue weighted by Crippen LogP contribution is 2.48. The van der Waals surface area contributed by atoms with Gasteiger partial charge in [0.05, 0.1) is 18.1 Å². The Hall–Kier alpha value is -3.63. The Bertz CT molecular complexity index is 1280. The molecule has 0 fully saturated rings. The van der Waals surface area contributed by atoms with Crippen molar-refractivity contribution in [1.29, 1.82) is 0 Å². The summed E-state index contributed by atoms with van der Waals surface area (Å²) in [6.45, 7) is 0.435. The van der Waals surface area contributed by atoms with Crippen molar-refractivity contribution in [2.45, 2.75) is 31.2 Å². The summed E-state index contributed by atoms with van der Waals surface area (Å²) in [6.07, 6.45) is 9.55. The molecule has 0 N–H and O–H groups in total. The Morgan fingerprint density at radius 2 is 1.73 bits per heavy atom. The first-order chi connectivity index (χ1) is 16.2. The number of hydrogen-bond acceptors (Lipinski definition) is 4. The number of hydrogen-bond donors (Lipinski definition) is 0. The molecule has 2 aliphatic carbocycles. The van der Waals surface area contributed by atoms with Gasteiger partial charge in [-0.15, -0.1) is 0 Å². The number of carbonyl (C=O) groups excluding carboxylic acids is 1. The van der Waals surface area contributed by atoms with Crippen LogP contribution < -0.4 is 9.47 Å². The van der Waals surface area contributed by atoms with Crippen LogP contribution in [0.1, 0.15) is 24.8 Å². The Labute approximate surface area is 192 Å². The number of ether oxygens (including phenoxy) is 3. The summed E-state index contributed by atoms with van der Waals surface area (Å²) in [4.78, 5) is 13.0. The molecule has 4 heteroatoms. The molecule has 33 heavy (non-hydrogen) atoms. The summed E-state index contributed by atoms with van der Waals surface area (Å²) in [5, 5.41) is 2.03. The van der Waals surface area contributed by atoms with E-state index in [1.54, 1.807) is 12.2 Å². The van der Waals surface area contributed by atoms with E-state index in [1.807, 2.05) is 78.9 Å². The summed E-state index contributed by atoms with van der Waals surface area (Å²) in [6, 6.07) is 22.1. The molecule has 3 aromatic carbocycles. The zero-order valence-electron chi connectivity index (χ0n) is 18.2. The molecular weight excluding hydrogens is 412 g/mol. The Balaban J connectivity index is 1.31. The molecule has 164 valence electrons. The Morgan fingerprint density at radius 1 is 0.970 bits per heavy atom. The quantitative estimate of drug-likeness (QED) is 0.501. The van der Waals surface area contributed by atoms with E-state index in [2.05, 4.69) is 0 Å². The standard InChI is InChI=1S/C29H24O4/c30-23-17-18-29(32-25-15-4-11-21-12-5-16-26(33-29)27(21)25)22-13-6-14-24(28(22)23)31-19-7-10-20-8-2-1-3-9-20/h1-5,7-12,15-18,24H,6,13-14,19H2/b10-7+. The highest BCUT2D eigenvalue weighted by Gasteiger charge is 2.48. The van der Waals surface area contributed by atoms with Crippen LogP contribution in [0.3, 0.4) is 0 Å². The average molecular weight is 437 g/mol. The lowest BCUT2D eigenvalue weighted by Gasteiger charge is -2.43. The highest BCUT2D eigenvalue weighted by molar-refractivity contribution is 6.07. The van der Waals surface area contributed by atoms with Crippen molar-refractivity contribution in [3.63, 3.8) is 0 Å². The van der Waals surface area contributed by atoms with Gasteiger partial charge in [-0.2, -0.15) is 0 Å². The van der Waals surface area contributed by atoms with Crippen molar-refractivity contribution in [2.75, 3.05) is 6.61 Å². The molecule has 0 radical (unpaired) electrons. The van der Waals surface area contributed by atoms with E-state index >= 15 is 0 Å². The minimum absolute atomic E-state index is 0.0170. The van der Waals surface area contributed by atoms with E-state index in [4.69, 9.17) is 14.2 Å². The summed E-state index contributed by atoms with van der Waals surface area (Å²) < 4.78 is 19.2. The van der Waals surface area contributed by atoms with Gasteiger partial charge in [-0.3, -0.25) is 4.79 Å². The van der Waals surface area contributed by atoms with Crippen LogP contribution in [0.4, 0.5) is 0 Å². The van der Waals surface area contributed by atoms with Crippen LogP contribution in [-0.4, -0.2) is 24.3 Å². The fraction of sp³-hybridized carbons (Fsp3) is 0.207. The third-order valence-electron chi connectivity index (χ3n) is 6.54. The first-order valence-electron chi connectivity index (χ1n) is 11.4.